The highest BCUT2D eigenvalue weighted by Crippen LogP contribution is 2.34. The smallest absolute Gasteiger partial charge is 0.338 e. The first kappa shape index (κ1) is 23.9. The number of nitro benzene ring substituents is 1. The molecule has 34 heavy (non-hydrogen) atoms. The molecule has 182 valence electrons. The van der Waals surface area contributed by atoms with Crippen molar-refractivity contribution < 1.29 is 41.8 Å². The van der Waals surface area contributed by atoms with Crippen molar-refractivity contribution in [1.29, 1.82) is 0 Å². The van der Waals surface area contributed by atoms with Crippen LogP contribution in [0.25, 0.3) is 0 Å². The Kier molecular flexibility index (Phi) is 6.97. The zero-order valence-electron chi connectivity index (χ0n) is 18.2. The molecule has 0 spiro atoms. The number of ether oxygens (including phenoxy) is 5. The number of benzene rings is 2. The van der Waals surface area contributed by atoms with Gasteiger partial charge in [0.1, 0.15) is 23.0 Å². The Balaban J connectivity index is 1.58. The molecule has 1 fully saturated rings. The number of carbonyl (C=O) groups is 1. The number of nitrogens with zero attached hydrogens (tertiary/aromatic N) is 2. The number of esters is 1. The molecule has 0 N–H and O–H groups in total. The zero-order chi connectivity index (χ0) is 24.3. The second-order valence-corrected chi connectivity index (χ2v) is 9.33. The molecule has 12 nitrogen and oxygen atoms in total. The highest BCUT2D eigenvalue weighted by atomic mass is 32.2. The number of hydrogen-bond donors (Lipinski definition) is 0. The second kappa shape index (κ2) is 9.93. The van der Waals surface area contributed by atoms with Gasteiger partial charge in [0, 0.05) is 36.3 Å². The molecule has 0 radical (unpaired) electrons. The van der Waals surface area contributed by atoms with Crippen molar-refractivity contribution in [2.24, 2.45) is 0 Å². The molecular formula is C21H22N2O10S. The van der Waals surface area contributed by atoms with E-state index < -0.39 is 20.9 Å². The molecule has 0 amide bonds. The van der Waals surface area contributed by atoms with Gasteiger partial charge in [-0.3, -0.25) is 10.1 Å². The summed E-state index contributed by atoms with van der Waals surface area (Å²) in [5.74, 6) is -0.368. The fourth-order valence-electron chi connectivity index (χ4n) is 3.65. The first-order valence-corrected chi connectivity index (χ1v) is 11.7. The average Bonchev–Trinajstić information content (AvgIpc) is 2.86. The van der Waals surface area contributed by atoms with E-state index >= 15 is 0 Å². The number of carbonyl (C=O) groups excluding carboxylic acids is 1. The Bertz CT molecular complexity index is 1210. The van der Waals surface area contributed by atoms with Crippen molar-refractivity contribution >= 4 is 21.7 Å². The van der Waals surface area contributed by atoms with Gasteiger partial charge >= 0.3 is 5.97 Å². The van der Waals surface area contributed by atoms with E-state index in [4.69, 9.17) is 23.7 Å². The third kappa shape index (κ3) is 4.82. The average molecular weight is 494 g/mol. The van der Waals surface area contributed by atoms with Gasteiger partial charge < -0.3 is 23.7 Å². The van der Waals surface area contributed by atoms with Gasteiger partial charge in [0.05, 0.1) is 37.4 Å². The van der Waals surface area contributed by atoms with Crippen molar-refractivity contribution in [2.45, 2.75) is 18.1 Å². The highest BCUT2D eigenvalue weighted by molar-refractivity contribution is 7.89. The molecular weight excluding hydrogens is 472 g/mol. The van der Waals surface area contributed by atoms with E-state index in [2.05, 4.69) is 0 Å². The summed E-state index contributed by atoms with van der Waals surface area (Å²) in [5, 5.41) is 11.3. The van der Waals surface area contributed by atoms with Crippen molar-refractivity contribution in [2.75, 3.05) is 40.2 Å². The lowest BCUT2D eigenvalue weighted by Crippen LogP contribution is -2.40. The lowest BCUT2D eigenvalue weighted by Gasteiger charge is -2.26. The molecule has 4 rings (SSSR count). The van der Waals surface area contributed by atoms with E-state index in [9.17, 15) is 23.3 Å². The standard InChI is InChI=1S/C21H22N2O10S/c1-29-18-3-2-14(10-19(18)34(27,28)22-4-6-30-7-5-22)21(24)32-12-16-9-17(23(25)26)8-15-11-31-13-33-20(15)16/h2-3,8-10H,4-7,11-13H2,1H3. The van der Waals surface area contributed by atoms with Gasteiger partial charge in [0.2, 0.25) is 10.0 Å². The van der Waals surface area contributed by atoms with Crippen molar-refractivity contribution in [3.05, 3.63) is 57.1 Å². The van der Waals surface area contributed by atoms with Gasteiger partial charge in [-0.05, 0) is 18.2 Å². The van der Waals surface area contributed by atoms with Crippen LogP contribution >= 0.6 is 0 Å². The number of non-ortho nitro benzene ring substituents is 1. The molecule has 2 aromatic rings. The topological polar surface area (TPSA) is 144 Å². The summed E-state index contributed by atoms with van der Waals surface area (Å²) in [4.78, 5) is 23.3. The molecule has 0 unspecified atom stereocenters. The van der Waals surface area contributed by atoms with Crippen LogP contribution in [0.1, 0.15) is 21.5 Å². The quantitative estimate of drug-likeness (QED) is 0.318. The third-order valence-electron chi connectivity index (χ3n) is 5.33. The molecule has 2 aliphatic rings. The summed E-state index contributed by atoms with van der Waals surface area (Å²) in [6.45, 7) is 0.671. The number of nitro groups is 1. The fourth-order valence-corrected chi connectivity index (χ4v) is 5.24. The number of rotatable bonds is 7. The Labute approximate surface area is 195 Å². The van der Waals surface area contributed by atoms with Gasteiger partial charge in [-0.1, -0.05) is 0 Å². The molecule has 0 saturated carbocycles. The molecule has 2 aliphatic heterocycles. The zero-order valence-corrected chi connectivity index (χ0v) is 19.0. The van der Waals surface area contributed by atoms with Crippen LogP contribution < -0.4 is 9.47 Å². The number of hydrogen-bond acceptors (Lipinski definition) is 10. The monoisotopic (exact) mass is 494 g/mol. The Morgan fingerprint density at radius 1 is 1.18 bits per heavy atom. The highest BCUT2D eigenvalue weighted by Gasteiger charge is 2.30. The van der Waals surface area contributed by atoms with E-state index in [0.717, 1.165) is 0 Å². The summed E-state index contributed by atoms with van der Waals surface area (Å²) in [6, 6.07) is 6.55. The molecule has 0 bridgehead atoms. The normalized spacial score (nSPS) is 16.3. The molecule has 0 aliphatic carbocycles. The lowest BCUT2D eigenvalue weighted by molar-refractivity contribution is -0.385. The number of fused-ring (bicyclic) bond motifs is 1. The van der Waals surface area contributed by atoms with E-state index in [0.29, 0.717) is 16.9 Å². The Morgan fingerprint density at radius 3 is 2.65 bits per heavy atom. The molecule has 2 aromatic carbocycles. The summed E-state index contributed by atoms with van der Waals surface area (Å²) in [7, 11) is -2.61. The SMILES string of the molecule is COc1ccc(C(=O)OCc2cc([N+](=O)[O-])cc3c2OCOC3)cc1S(=O)(=O)N1CCOCC1. The maximum atomic E-state index is 13.1. The number of morpholine rings is 1. The molecule has 0 aromatic heterocycles. The van der Waals surface area contributed by atoms with E-state index in [1.165, 1.54) is 41.7 Å². The van der Waals surface area contributed by atoms with Gasteiger partial charge in [-0.25, -0.2) is 13.2 Å². The van der Waals surface area contributed by atoms with Crippen LogP contribution in [0.15, 0.2) is 35.2 Å². The molecule has 13 heteroatoms. The number of sulfonamides is 1. The summed E-state index contributed by atoms with van der Waals surface area (Å²) < 4.78 is 53.9. The third-order valence-corrected chi connectivity index (χ3v) is 7.25. The first-order chi connectivity index (χ1) is 16.3. The van der Waals surface area contributed by atoms with Crippen LogP contribution in [-0.2, 0) is 37.4 Å². The van der Waals surface area contributed by atoms with Crippen molar-refractivity contribution in [3.8, 4) is 11.5 Å². The Hall–Kier alpha value is -3.26. The maximum Gasteiger partial charge on any atom is 0.338 e. The van der Waals surface area contributed by atoms with Gasteiger partial charge in [-0.15, -0.1) is 0 Å². The first-order valence-electron chi connectivity index (χ1n) is 10.2. The largest absolute Gasteiger partial charge is 0.495 e. The molecule has 2 heterocycles. The van der Waals surface area contributed by atoms with Gasteiger partial charge in [0.25, 0.3) is 5.69 Å². The van der Waals surface area contributed by atoms with Crippen molar-refractivity contribution in [3.63, 3.8) is 0 Å². The maximum absolute atomic E-state index is 13.1. The van der Waals surface area contributed by atoms with E-state index in [1.807, 2.05) is 0 Å². The minimum atomic E-state index is -3.94. The Morgan fingerprint density at radius 2 is 1.94 bits per heavy atom. The summed E-state index contributed by atoms with van der Waals surface area (Å²) >= 11 is 0. The van der Waals surface area contributed by atoms with Gasteiger partial charge in [0.15, 0.2) is 6.79 Å². The van der Waals surface area contributed by atoms with E-state index in [-0.39, 0.29) is 68.2 Å². The number of methoxy groups -OCH3 is 1. The van der Waals surface area contributed by atoms with Crippen LogP contribution in [0.2, 0.25) is 0 Å². The fraction of sp³-hybridized carbons (Fsp3) is 0.381. The molecule has 0 atom stereocenters. The van der Waals surface area contributed by atoms with Crippen LogP contribution in [0, 0.1) is 10.1 Å². The van der Waals surface area contributed by atoms with Gasteiger partial charge in [-0.2, -0.15) is 4.31 Å². The van der Waals surface area contributed by atoms with Crippen LogP contribution in [0.3, 0.4) is 0 Å². The molecule has 1 saturated heterocycles. The van der Waals surface area contributed by atoms with Crippen LogP contribution in [0.4, 0.5) is 5.69 Å². The lowest BCUT2D eigenvalue weighted by atomic mass is 10.1. The van der Waals surface area contributed by atoms with E-state index in [1.54, 1.807) is 0 Å². The minimum Gasteiger partial charge on any atom is -0.495 e. The summed E-state index contributed by atoms with van der Waals surface area (Å²) in [5.41, 5.74) is 0.559. The van der Waals surface area contributed by atoms with Crippen LogP contribution in [0.5, 0.6) is 11.5 Å². The van der Waals surface area contributed by atoms with Crippen molar-refractivity contribution in [1.82, 2.24) is 4.31 Å². The van der Waals surface area contributed by atoms with Crippen LogP contribution in [-0.4, -0.2) is 63.8 Å². The predicted octanol–water partition coefficient (Wildman–Crippen LogP) is 1.85. The summed E-state index contributed by atoms with van der Waals surface area (Å²) in [6.07, 6.45) is 0. The second-order valence-electron chi connectivity index (χ2n) is 7.42. The predicted molar refractivity (Wildman–Crippen MR) is 115 cm³/mol. The minimum absolute atomic E-state index is 0.0174.